The minimum Gasteiger partial charge on any atom is -0.365 e. The zero-order valence-electron chi connectivity index (χ0n) is 21.6. The topological polar surface area (TPSA) is 72.5 Å². The molecular formula is C25H39FN8. The van der Waals surface area contributed by atoms with Gasteiger partial charge in [0.1, 0.15) is 5.82 Å². The van der Waals surface area contributed by atoms with Gasteiger partial charge in [0.05, 0.1) is 18.1 Å². The molecule has 0 bridgehead atoms. The zero-order valence-corrected chi connectivity index (χ0v) is 21.6. The second-order valence-corrected chi connectivity index (χ2v) is 11.1. The van der Waals surface area contributed by atoms with Gasteiger partial charge in [0.25, 0.3) is 0 Å². The second-order valence-electron chi connectivity index (χ2n) is 11.1. The highest BCUT2D eigenvalue weighted by molar-refractivity contribution is 5.61. The lowest BCUT2D eigenvalue weighted by molar-refractivity contribution is -0.00778. The molecule has 2 N–H and O–H groups in total. The van der Waals surface area contributed by atoms with Gasteiger partial charge in [-0.3, -0.25) is 4.90 Å². The first kappa shape index (κ1) is 24.6. The maximum Gasteiger partial charge on any atom is 0.229 e. The van der Waals surface area contributed by atoms with E-state index in [0.29, 0.717) is 5.95 Å². The van der Waals surface area contributed by atoms with Crippen LogP contribution < -0.4 is 15.5 Å². The van der Waals surface area contributed by atoms with E-state index in [1.165, 1.54) is 6.20 Å². The Morgan fingerprint density at radius 3 is 2.24 bits per heavy atom. The van der Waals surface area contributed by atoms with Crippen molar-refractivity contribution in [1.82, 2.24) is 24.8 Å². The van der Waals surface area contributed by atoms with E-state index in [-0.39, 0.29) is 22.9 Å². The predicted molar refractivity (Wildman–Crippen MR) is 137 cm³/mol. The van der Waals surface area contributed by atoms with Gasteiger partial charge in [0, 0.05) is 43.3 Å². The summed E-state index contributed by atoms with van der Waals surface area (Å²) in [4.78, 5) is 20.3. The molecule has 2 fully saturated rings. The summed E-state index contributed by atoms with van der Waals surface area (Å²) in [7, 11) is 4.30. The van der Waals surface area contributed by atoms with E-state index >= 15 is 0 Å². The zero-order chi connectivity index (χ0) is 24.7. The Balaban J connectivity index is 1.47. The van der Waals surface area contributed by atoms with Crippen LogP contribution in [0.25, 0.3) is 0 Å². The predicted octanol–water partition coefficient (Wildman–Crippen LogP) is 3.88. The van der Waals surface area contributed by atoms with Gasteiger partial charge in [-0.2, -0.15) is 4.98 Å². The SMILES string of the molecule is Cc1cc(N2CCN(C)CC2)ncc1Nc1ncc(F)c(NC2CC(C)(C)N(C)C(C)(C)C2)n1. The van der Waals surface area contributed by atoms with Crippen LogP contribution in [0.4, 0.5) is 27.7 Å². The van der Waals surface area contributed by atoms with Crippen molar-refractivity contribution in [1.29, 1.82) is 0 Å². The highest BCUT2D eigenvalue weighted by Gasteiger charge is 2.43. The number of piperidine rings is 1. The highest BCUT2D eigenvalue weighted by Crippen LogP contribution is 2.38. The van der Waals surface area contributed by atoms with E-state index in [4.69, 9.17) is 0 Å². The lowest BCUT2D eigenvalue weighted by atomic mass is 9.77. The van der Waals surface area contributed by atoms with Gasteiger partial charge in [-0.15, -0.1) is 0 Å². The maximum absolute atomic E-state index is 14.6. The normalized spacial score (nSPS) is 21.5. The minimum absolute atomic E-state index is 0.00168. The van der Waals surface area contributed by atoms with Crippen molar-refractivity contribution < 1.29 is 4.39 Å². The Morgan fingerprint density at radius 2 is 1.62 bits per heavy atom. The fraction of sp³-hybridized carbons (Fsp3) is 0.640. The van der Waals surface area contributed by atoms with Gasteiger partial charge in [-0.25, -0.2) is 14.4 Å². The van der Waals surface area contributed by atoms with Crippen molar-refractivity contribution in [2.75, 3.05) is 55.8 Å². The van der Waals surface area contributed by atoms with Crippen LogP contribution in [0.15, 0.2) is 18.5 Å². The third-order valence-corrected chi connectivity index (χ3v) is 7.56. The van der Waals surface area contributed by atoms with E-state index in [9.17, 15) is 4.39 Å². The molecule has 4 heterocycles. The quantitative estimate of drug-likeness (QED) is 0.682. The van der Waals surface area contributed by atoms with Crippen LogP contribution in [0.5, 0.6) is 0 Å². The molecule has 34 heavy (non-hydrogen) atoms. The third kappa shape index (κ3) is 5.25. The molecule has 2 aromatic heterocycles. The van der Waals surface area contributed by atoms with Crippen LogP contribution in [0.2, 0.25) is 0 Å². The van der Waals surface area contributed by atoms with Crippen molar-refractivity contribution in [3.05, 3.63) is 29.8 Å². The number of rotatable bonds is 5. The van der Waals surface area contributed by atoms with E-state index in [1.54, 1.807) is 0 Å². The number of nitrogens with one attached hydrogen (secondary N) is 2. The van der Waals surface area contributed by atoms with Crippen molar-refractivity contribution in [2.45, 2.75) is 64.6 Å². The smallest absolute Gasteiger partial charge is 0.229 e. The number of likely N-dealkylation sites (N-methyl/N-ethyl adjacent to an activating group) is 1. The second kappa shape index (κ2) is 9.26. The summed E-state index contributed by atoms with van der Waals surface area (Å²) < 4.78 is 14.6. The molecule has 2 aliphatic rings. The van der Waals surface area contributed by atoms with Crippen LogP contribution in [0.1, 0.15) is 46.1 Å². The van der Waals surface area contributed by atoms with Crippen LogP contribution in [0.3, 0.4) is 0 Å². The molecule has 0 spiro atoms. The number of aromatic nitrogens is 3. The van der Waals surface area contributed by atoms with Crippen molar-refractivity contribution in [2.24, 2.45) is 0 Å². The molecule has 0 unspecified atom stereocenters. The number of hydrogen-bond acceptors (Lipinski definition) is 8. The van der Waals surface area contributed by atoms with Crippen LogP contribution >= 0.6 is 0 Å². The first-order valence-corrected chi connectivity index (χ1v) is 12.1. The monoisotopic (exact) mass is 470 g/mol. The Morgan fingerprint density at radius 1 is 0.971 bits per heavy atom. The molecule has 0 saturated carbocycles. The van der Waals surface area contributed by atoms with Crippen LogP contribution in [-0.4, -0.2) is 82.1 Å². The largest absolute Gasteiger partial charge is 0.365 e. The number of likely N-dealkylation sites (tertiary alicyclic amines) is 1. The molecular weight excluding hydrogens is 431 g/mol. The number of aryl methyl sites for hydroxylation is 1. The van der Waals surface area contributed by atoms with E-state index < -0.39 is 5.82 Å². The van der Waals surface area contributed by atoms with Gasteiger partial charge in [-0.05, 0) is 73.2 Å². The molecule has 4 rings (SSSR count). The molecule has 0 amide bonds. The van der Waals surface area contributed by atoms with Crippen molar-refractivity contribution >= 4 is 23.3 Å². The average molecular weight is 471 g/mol. The van der Waals surface area contributed by atoms with Gasteiger partial charge in [0.15, 0.2) is 11.6 Å². The third-order valence-electron chi connectivity index (χ3n) is 7.56. The summed E-state index contributed by atoms with van der Waals surface area (Å²) in [5.74, 6) is 1.12. The molecule has 2 aromatic rings. The fourth-order valence-electron chi connectivity index (χ4n) is 5.20. The van der Waals surface area contributed by atoms with Crippen LogP contribution in [0, 0.1) is 12.7 Å². The molecule has 186 valence electrons. The van der Waals surface area contributed by atoms with Crippen LogP contribution in [-0.2, 0) is 0 Å². The van der Waals surface area contributed by atoms with Gasteiger partial charge in [0.2, 0.25) is 5.95 Å². The molecule has 2 aliphatic heterocycles. The molecule has 0 radical (unpaired) electrons. The van der Waals surface area contributed by atoms with Gasteiger partial charge >= 0.3 is 0 Å². The summed E-state index contributed by atoms with van der Waals surface area (Å²) in [5, 5.41) is 6.59. The molecule has 8 nitrogen and oxygen atoms in total. The molecule has 2 saturated heterocycles. The number of halogens is 1. The number of pyridine rings is 1. The summed E-state index contributed by atoms with van der Waals surface area (Å²) in [5.41, 5.74) is 1.86. The summed E-state index contributed by atoms with van der Waals surface area (Å²) in [6.07, 6.45) is 4.83. The lowest BCUT2D eigenvalue weighted by Gasteiger charge is -2.53. The Labute approximate surface area is 203 Å². The number of hydrogen-bond donors (Lipinski definition) is 2. The first-order valence-electron chi connectivity index (χ1n) is 12.1. The van der Waals surface area contributed by atoms with Gasteiger partial charge < -0.3 is 20.4 Å². The average Bonchev–Trinajstić information content (AvgIpc) is 2.76. The number of piperazine rings is 1. The van der Waals surface area contributed by atoms with E-state index in [1.807, 2.05) is 13.1 Å². The molecule has 9 heteroatoms. The Kier molecular flexibility index (Phi) is 6.70. The minimum atomic E-state index is -0.444. The Hall–Kier alpha value is -2.52. The molecule has 0 aliphatic carbocycles. The van der Waals surface area contributed by atoms with E-state index in [0.717, 1.165) is 56.1 Å². The first-order chi connectivity index (χ1) is 15.9. The Bertz CT molecular complexity index is 998. The number of nitrogens with zero attached hydrogens (tertiary/aromatic N) is 6. The van der Waals surface area contributed by atoms with Crippen molar-refractivity contribution in [3.63, 3.8) is 0 Å². The molecule has 0 aromatic carbocycles. The summed E-state index contributed by atoms with van der Waals surface area (Å²) in [6, 6.07) is 2.20. The van der Waals surface area contributed by atoms with E-state index in [2.05, 4.69) is 88.1 Å². The van der Waals surface area contributed by atoms with Crippen molar-refractivity contribution in [3.8, 4) is 0 Å². The number of anilines is 4. The highest BCUT2D eigenvalue weighted by atomic mass is 19.1. The standard InChI is InChI=1S/C25H39FN8/c1-17-12-21(34-10-8-32(6)9-11-34)27-16-20(17)30-23-28-15-19(26)22(31-23)29-18-13-24(2,3)33(7)25(4,5)14-18/h12,15-16,18H,8-11,13-14H2,1-7H3,(H2,28,29,30,31). The maximum atomic E-state index is 14.6. The fourth-order valence-corrected chi connectivity index (χ4v) is 5.20. The van der Waals surface area contributed by atoms with Gasteiger partial charge in [-0.1, -0.05) is 0 Å². The lowest BCUT2D eigenvalue weighted by Crippen LogP contribution is -2.61. The summed E-state index contributed by atoms with van der Waals surface area (Å²) >= 11 is 0. The summed E-state index contributed by atoms with van der Waals surface area (Å²) in [6.45, 7) is 15.0. The molecule has 0 atom stereocenters.